The fraction of sp³-hybridized carbons (Fsp3) is 0.545. The van der Waals surface area contributed by atoms with Crippen molar-refractivity contribution in [2.24, 2.45) is 11.8 Å². The number of carboxylic acids is 1. The number of imidazole rings is 1. The maximum Gasteiger partial charge on any atom is 0.317 e. The van der Waals surface area contributed by atoms with E-state index in [0.717, 1.165) is 5.69 Å². The van der Waals surface area contributed by atoms with E-state index in [9.17, 15) is 9.59 Å². The van der Waals surface area contributed by atoms with Crippen molar-refractivity contribution in [3.8, 4) is 0 Å². The van der Waals surface area contributed by atoms with Gasteiger partial charge < -0.3 is 20.3 Å². The largest absolute Gasteiger partial charge is 0.481 e. The molecule has 2 heterocycles. The highest BCUT2D eigenvalue weighted by Gasteiger charge is 2.36. The van der Waals surface area contributed by atoms with Gasteiger partial charge in [0.05, 0.1) is 24.5 Å². The first-order valence-electron chi connectivity index (χ1n) is 5.80. The van der Waals surface area contributed by atoms with Crippen LogP contribution in [0.15, 0.2) is 12.5 Å². The van der Waals surface area contributed by atoms with Crippen LogP contribution in [0.1, 0.15) is 12.6 Å². The molecular weight excluding hydrogens is 236 g/mol. The molecule has 1 aliphatic rings. The van der Waals surface area contributed by atoms with Crippen molar-refractivity contribution in [2.45, 2.75) is 13.5 Å². The number of carbonyl (C=O) groups is 2. The minimum absolute atomic E-state index is 0.0135. The monoisotopic (exact) mass is 252 g/mol. The van der Waals surface area contributed by atoms with Crippen molar-refractivity contribution < 1.29 is 14.7 Å². The summed E-state index contributed by atoms with van der Waals surface area (Å²) < 4.78 is 0. The van der Waals surface area contributed by atoms with Gasteiger partial charge in [-0.15, -0.1) is 0 Å². The van der Waals surface area contributed by atoms with Gasteiger partial charge in [0.25, 0.3) is 0 Å². The first-order valence-corrected chi connectivity index (χ1v) is 5.80. The van der Waals surface area contributed by atoms with Gasteiger partial charge >= 0.3 is 12.0 Å². The van der Waals surface area contributed by atoms with E-state index in [0.29, 0.717) is 13.1 Å². The van der Waals surface area contributed by atoms with Crippen molar-refractivity contribution in [3.63, 3.8) is 0 Å². The topological polar surface area (TPSA) is 98.3 Å². The summed E-state index contributed by atoms with van der Waals surface area (Å²) in [6.07, 6.45) is 3.17. The molecule has 0 aromatic carbocycles. The number of aliphatic carboxylic acids is 1. The Morgan fingerprint density at radius 2 is 2.39 bits per heavy atom. The summed E-state index contributed by atoms with van der Waals surface area (Å²) in [7, 11) is 0. The number of aromatic amines is 1. The van der Waals surface area contributed by atoms with E-state index in [4.69, 9.17) is 5.11 Å². The Kier molecular flexibility index (Phi) is 3.50. The minimum Gasteiger partial charge on any atom is -0.481 e. The zero-order valence-corrected chi connectivity index (χ0v) is 10.1. The number of nitrogens with one attached hydrogen (secondary N) is 2. The molecule has 0 radical (unpaired) electrons. The number of hydrogen-bond donors (Lipinski definition) is 3. The van der Waals surface area contributed by atoms with Gasteiger partial charge in [-0.1, -0.05) is 6.92 Å². The zero-order valence-electron chi connectivity index (χ0n) is 10.1. The molecule has 0 saturated carbocycles. The van der Waals surface area contributed by atoms with Crippen molar-refractivity contribution in [1.82, 2.24) is 20.2 Å². The Hall–Kier alpha value is -2.05. The number of likely N-dealkylation sites (tertiary alicyclic amines) is 1. The average molecular weight is 252 g/mol. The van der Waals surface area contributed by atoms with Gasteiger partial charge in [0, 0.05) is 19.3 Å². The highest BCUT2D eigenvalue weighted by Crippen LogP contribution is 2.22. The van der Waals surface area contributed by atoms with E-state index in [-0.39, 0.29) is 18.5 Å². The fourth-order valence-electron chi connectivity index (χ4n) is 2.12. The molecule has 2 unspecified atom stereocenters. The van der Waals surface area contributed by atoms with Crippen LogP contribution in [0.5, 0.6) is 0 Å². The second-order valence-electron chi connectivity index (χ2n) is 4.56. The lowest BCUT2D eigenvalue weighted by atomic mass is 9.99. The molecule has 7 nitrogen and oxygen atoms in total. The molecule has 1 aromatic heterocycles. The normalized spacial score (nSPS) is 23.1. The van der Waals surface area contributed by atoms with Crippen LogP contribution in [0, 0.1) is 11.8 Å². The van der Waals surface area contributed by atoms with Gasteiger partial charge in [-0.05, 0) is 5.92 Å². The lowest BCUT2D eigenvalue weighted by molar-refractivity contribution is -0.142. The Morgan fingerprint density at radius 3 is 2.94 bits per heavy atom. The second kappa shape index (κ2) is 5.07. The number of H-pyrrole nitrogens is 1. The average Bonchev–Trinajstić information content (AvgIpc) is 2.94. The van der Waals surface area contributed by atoms with Gasteiger partial charge in [0.2, 0.25) is 0 Å². The Labute approximate surface area is 104 Å². The summed E-state index contributed by atoms with van der Waals surface area (Å²) in [5.41, 5.74) is 0.811. The van der Waals surface area contributed by atoms with Crippen LogP contribution >= 0.6 is 0 Å². The third-order valence-corrected chi connectivity index (χ3v) is 3.20. The maximum absolute atomic E-state index is 11.8. The van der Waals surface area contributed by atoms with E-state index >= 15 is 0 Å². The summed E-state index contributed by atoms with van der Waals surface area (Å²) >= 11 is 0. The summed E-state index contributed by atoms with van der Waals surface area (Å²) in [6, 6.07) is -0.236. The molecule has 0 spiro atoms. The quantitative estimate of drug-likeness (QED) is 0.719. The summed E-state index contributed by atoms with van der Waals surface area (Å²) in [5, 5.41) is 11.7. The molecule has 2 atom stereocenters. The van der Waals surface area contributed by atoms with Crippen LogP contribution < -0.4 is 5.32 Å². The molecule has 2 rings (SSSR count). The molecule has 0 bridgehead atoms. The lowest BCUT2D eigenvalue weighted by Crippen LogP contribution is -2.38. The maximum atomic E-state index is 11.8. The van der Waals surface area contributed by atoms with E-state index in [1.807, 2.05) is 6.92 Å². The van der Waals surface area contributed by atoms with Crippen LogP contribution in [-0.4, -0.2) is 45.1 Å². The zero-order chi connectivity index (χ0) is 13.1. The predicted molar refractivity (Wildman–Crippen MR) is 62.7 cm³/mol. The van der Waals surface area contributed by atoms with Gasteiger partial charge in [-0.3, -0.25) is 4.79 Å². The van der Waals surface area contributed by atoms with Gasteiger partial charge in [0.1, 0.15) is 0 Å². The molecular formula is C11H16N4O3. The predicted octanol–water partition coefficient (Wildman–Crippen LogP) is 0.272. The van der Waals surface area contributed by atoms with E-state index in [1.165, 1.54) is 0 Å². The summed E-state index contributed by atoms with van der Waals surface area (Å²) in [6.45, 7) is 2.96. The van der Waals surface area contributed by atoms with Crippen LogP contribution in [0.2, 0.25) is 0 Å². The number of hydrogen-bond acceptors (Lipinski definition) is 3. The Balaban J connectivity index is 1.85. The standard InChI is InChI=1S/C11H16N4O3/c1-7-4-15(5-9(7)10(16)17)11(18)13-3-8-2-12-6-14-8/h2,6-7,9H,3-5H2,1H3,(H,12,14)(H,13,18)(H,16,17). The van der Waals surface area contributed by atoms with Crippen LogP contribution in [0.4, 0.5) is 4.79 Å². The molecule has 1 aromatic rings. The number of rotatable bonds is 3. The summed E-state index contributed by atoms with van der Waals surface area (Å²) in [4.78, 5) is 31.1. The van der Waals surface area contributed by atoms with Crippen molar-refractivity contribution in [3.05, 3.63) is 18.2 Å². The third-order valence-electron chi connectivity index (χ3n) is 3.20. The van der Waals surface area contributed by atoms with Crippen LogP contribution in [-0.2, 0) is 11.3 Å². The van der Waals surface area contributed by atoms with Crippen LogP contribution in [0.3, 0.4) is 0 Å². The van der Waals surface area contributed by atoms with Gasteiger partial charge in [0.15, 0.2) is 0 Å². The second-order valence-corrected chi connectivity index (χ2v) is 4.56. The molecule has 1 fully saturated rings. The molecule has 1 aliphatic heterocycles. The van der Waals surface area contributed by atoms with E-state index in [1.54, 1.807) is 17.4 Å². The molecule has 0 aliphatic carbocycles. The first kappa shape index (κ1) is 12.4. The smallest absolute Gasteiger partial charge is 0.317 e. The molecule has 98 valence electrons. The van der Waals surface area contributed by atoms with Crippen LogP contribution in [0.25, 0.3) is 0 Å². The Morgan fingerprint density at radius 1 is 1.61 bits per heavy atom. The first-order chi connectivity index (χ1) is 8.58. The minimum atomic E-state index is -0.841. The molecule has 18 heavy (non-hydrogen) atoms. The van der Waals surface area contributed by atoms with E-state index in [2.05, 4.69) is 15.3 Å². The fourth-order valence-corrected chi connectivity index (χ4v) is 2.12. The number of amides is 2. The van der Waals surface area contributed by atoms with Crippen molar-refractivity contribution in [2.75, 3.05) is 13.1 Å². The van der Waals surface area contributed by atoms with E-state index < -0.39 is 11.9 Å². The Bertz CT molecular complexity index is 432. The molecule has 3 N–H and O–H groups in total. The molecule has 7 heteroatoms. The number of nitrogens with zero attached hydrogens (tertiary/aromatic N) is 2. The number of urea groups is 1. The SMILES string of the molecule is CC1CN(C(=O)NCc2cnc[nH]2)CC1C(=O)O. The highest BCUT2D eigenvalue weighted by atomic mass is 16.4. The lowest BCUT2D eigenvalue weighted by Gasteiger charge is -2.16. The van der Waals surface area contributed by atoms with Crippen molar-refractivity contribution >= 4 is 12.0 Å². The molecule has 2 amide bonds. The highest BCUT2D eigenvalue weighted by molar-refractivity contribution is 5.77. The number of carboxylic acid groups (broad SMARTS) is 1. The third kappa shape index (κ3) is 2.61. The van der Waals surface area contributed by atoms with Gasteiger partial charge in [-0.25, -0.2) is 9.78 Å². The molecule has 1 saturated heterocycles. The summed E-state index contributed by atoms with van der Waals surface area (Å²) in [5.74, 6) is -1.32. The number of carbonyl (C=O) groups excluding carboxylic acids is 1. The van der Waals surface area contributed by atoms with Gasteiger partial charge in [-0.2, -0.15) is 0 Å². The van der Waals surface area contributed by atoms with Crippen molar-refractivity contribution in [1.29, 1.82) is 0 Å². The number of aromatic nitrogens is 2.